The number of hydrogen-bond acceptors (Lipinski definition) is 5. The van der Waals surface area contributed by atoms with Crippen LogP contribution in [-0.2, 0) is 4.79 Å². The summed E-state index contributed by atoms with van der Waals surface area (Å²) in [5.41, 5.74) is 2.73. The van der Waals surface area contributed by atoms with Crippen LogP contribution in [0.2, 0.25) is 0 Å². The normalized spacial score (nSPS) is 16.1. The van der Waals surface area contributed by atoms with E-state index in [0.29, 0.717) is 42.8 Å². The van der Waals surface area contributed by atoms with Gasteiger partial charge in [0, 0.05) is 19.0 Å². The van der Waals surface area contributed by atoms with Crippen molar-refractivity contribution in [3.63, 3.8) is 0 Å². The van der Waals surface area contributed by atoms with Crippen LogP contribution < -0.4 is 21.7 Å². The molecule has 1 aromatic heterocycles. The molecular weight excluding hydrogens is 270 g/mol. The highest BCUT2D eigenvalue weighted by atomic mass is 16.2. The highest BCUT2D eigenvalue weighted by molar-refractivity contribution is 5.79. The largest absolute Gasteiger partial charge is 0.342 e. The molecule has 0 saturated carbocycles. The van der Waals surface area contributed by atoms with E-state index in [9.17, 15) is 9.59 Å². The molecular formula is C14H17N5O2. The molecule has 110 valence electrons. The number of nitrogens with two attached hydrogens (primary N) is 1. The van der Waals surface area contributed by atoms with Gasteiger partial charge in [-0.2, -0.15) is 0 Å². The van der Waals surface area contributed by atoms with Gasteiger partial charge in [-0.3, -0.25) is 20.0 Å². The number of carbonyl (C=O) groups is 1. The second kappa shape index (κ2) is 5.53. The van der Waals surface area contributed by atoms with Gasteiger partial charge in [0.2, 0.25) is 11.9 Å². The maximum atomic E-state index is 12.1. The monoisotopic (exact) mass is 287 g/mol. The van der Waals surface area contributed by atoms with Crippen LogP contribution in [-0.4, -0.2) is 29.0 Å². The Hall–Kier alpha value is -2.41. The van der Waals surface area contributed by atoms with Crippen LogP contribution in [0.4, 0.5) is 5.95 Å². The fourth-order valence-electron chi connectivity index (χ4n) is 2.70. The summed E-state index contributed by atoms with van der Waals surface area (Å²) in [6, 6.07) is 7.25. The quantitative estimate of drug-likeness (QED) is 0.414. The van der Waals surface area contributed by atoms with Gasteiger partial charge in [0.05, 0.1) is 10.9 Å². The standard InChI is InChI=1S/C14H17N5O2/c15-18-12(20)9-5-7-19(8-6-9)14-16-11-4-2-1-3-10(11)13(21)17-14/h1-4,9H,5-8,15H2,(H,18,20)(H,16,17,21). The molecule has 1 aromatic carbocycles. The van der Waals surface area contributed by atoms with Crippen LogP contribution in [0.15, 0.2) is 29.1 Å². The molecule has 0 atom stereocenters. The van der Waals surface area contributed by atoms with E-state index in [1.54, 1.807) is 6.07 Å². The van der Waals surface area contributed by atoms with Crippen molar-refractivity contribution in [1.82, 2.24) is 15.4 Å². The Kier molecular flexibility index (Phi) is 3.57. The van der Waals surface area contributed by atoms with Gasteiger partial charge in [-0.15, -0.1) is 0 Å². The predicted molar refractivity (Wildman–Crippen MR) is 79.6 cm³/mol. The summed E-state index contributed by atoms with van der Waals surface area (Å²) >= 11 is 0. The minimum atomic E-state index is -0.141. The molecule has 7 nitrogen and oxygen atoms in total. The minimum absolute atomic E-state index is 0.0709. The number of aromatic nitrogens is 2. The third-order valence-electron chi connectivity index (χ3n) is 3.91. The van der Waals surface area contributed by atoms with Crippen LogP contribution >= 0.6 is 0 Å². The van der Waals surface area contributed by atoms with E-state index >= 15 is 0 Å². The number of benzene rings is 1. The molecule has 4 N–H and O–H groups in total. The summed E-state index contributed by atoms with van der Waals surface area (Å²) < 4.78 is 0. The maximum absolute atomic E-state index is 12.1. The molecule has 2 heterocycles. The van der Waals surface area contributed by atoms with E-state index in [1.807, 2.05) is 23.1 Å². The van der Waals surface area contributed by atoms with Gasteiger partial charge in [-0.1, -0.05) is 12.1 Å². The van der Waals surface area contributed by atoms with E-state index in [2.05, 4.69) is 15.4 Å². The van der Waals surface area contributed by atoms with Crippen molar-refractivity contribution in [2.24, 2.45) is 11.8 Å². The Bertz CT molecular complexity index is 719. The molecule has 1 aliphatic heterocycles. The predicted octanol–water partition coefficient (Wildman–Crippen LogP) is 0.129. The van der Waals surface area contributed by atoms with Crippen molar-refractivity contribution in [3.8, 4) is 0 Å². The van der Waals surface area contributed by atoms with Crippen LogP contribution in [0.5, 0.6) is 0 Å². The lowest BCUT2D eigenvalue weighted by Crippen LogP contribution is -2.43. The summed E-state index contributed by atoms with van der Waals surface area (Å²) in [6.07, 6.45) is 1.39. The van der Waals surface area contributed by atoms with E-state index in [1.165, 1.54) is 0 Å². The first-order valence-electron chi connectivity index (χ1n) is 6.93. The molecule has 1 aliphatic rings. The average Bonchev–Trinajstić information content (AvgIpc) is 2.54. The number of aromatic amines is 1. The van der Waals surface area contributed by atoms with Crippen LogP contribution in [0.25, 0.3) is 10.9 Å². The lowest BCUT2D eigenvalue weighted by molar-refractivity contribution is -0.125. The summed E-state index contributed by atoms with van der Waals surface area (Å²) in [7, 11) is 0. The number of rotatable bonds is 2. The summed E-state index contributed by atoms with van der Waals surface area (Å²) in [4.78, 5) is 32.9. The first-order valence-corrected chi connectivity index (χ1v) is 6.93. The number of carbonyl (C=O) groups excluding carboxylic acids is 1. The Balaban J connectivity index is 1.83. The fraction of sp³-hybridized carbons (Fsp3) is 0.357. The maximum Gasteiger partial charge on any atom is 0.260 e. The number of H-pyrrole nitrogens is 1. The van der Waals surface area contributed by atoms with Crippen LogP contribution in [0, 0.1) is 5.92 Å². The number of anilines is 1. The number of nitrogens with one attached hydrogen (secondary N) is 2. The number of fused-ring (bicyclic) bond motifs is 1. The summed E-state index contributed by atoms with van der Waals surface area (Å²) in [5, 5.41) is 0.582. The fourth-order valence-corrected chi connectivity index (χ4v) is 2.70. The smallest absolute Gasteiger partial charge is 0.260 e. The highest BCUT2D eigenvalue weighted by Gasteiger charge is 2.25. The Morgan fingerprint density at radius 1 is 1.33 bits per heavy atom. The van der Waals surface area contributed by atoms with Crippen molar-refractivity contribution in [2.45, 2.75) is 12.8 Å². The molecule has 1 fully saturated rings. The Labute approximate surface area is 121 Å². The summed E-state index contributed by atoms with van der Waals surface area (Å²) in [5.74, 6) is 5.52. The molecule has 0 spiro atoms. The zero-order chi connectivity index (χ0) is 14.8. The lowest BCUT2D eigenvalue weighted by atomic mass is 9.96. The first-order chi connectivity index (χ1) is 10.2. The minimum Gasteiger partial charge on any atom is -0.342 e. The Morgan fingerprint density at radius 2 is 2.05 bits per heavy atom. The number of nitrogens with zero attached hydrogens (tertiary/aromatic N) is 2. The zero-order valence-corrected chi connectivity index (χ0v) is 11.5. The number of hydrazine groups is 1. The topological polar surface area (TPSA) is 104 Å². The van der Waals surface area contributed by atoms with Gasteiger partial charge < -0.3 is 4.90 Å². The Morgan fingerprint density at radius 3 is 2.76 bits per heavy atom. The van der Waals surface area contributed by atoms with E-state index in [0.717, 1.165) is 0 Å². The van der Waals surface area contributed by atoms with Crippen molar-refractivity contribution in [1.29, 1.82) is 0 Å². The van der Waals surface area contributed by atoms with Crippen molar-refractivity contribution in [2.75, 3.05) is 18.0 Å². The van der Waals surface area contributed by atoms with Gasteiger partial charge in [0.1, 0.15) is 0 Å². The third kappa shape index (κ3) is 2.59. The second-order valence-corrected chi connectivity index (χ2v) is 5.18. The van der Waals surface area contributed by atoms with Crippen molar-refractivity contribution >= 4 is 22.8 Å². The van der Waals surface area contributed by atoms with Gasteiger partial charge in [0.25, 0.3) is 5.56 Å². The molecule has 2 aromatic rings. The van der Waals surface area contributed by atoms with Gasteiger partial charge >= 0.3 is 0 Å². The van der Waals surface area contributed by atoms with E-state index in [4.69, 9.17) is 5.84 Å². The summed E-state index contributed by atoms with van der Waals surface area (Å²) in [6.45, 7) is 1.33. The van der Waals surface area contributed by atoms with Gasteiger partial charge in [-0.25, -0.2) is 10.8 Å². The van der Waals surface area contributed by atoms with E-state index in [-0.39, 0.29) is 17.4 Å². The number of amides is 1. The first kappa shape index (κ1) is 13.6. The second-order valence-electron chi connectivity index (χ2n) is 5.18. The molecule has 0 radical (unpaired) electrons. The number of hydrogen-bond donors (Lipinski definition) is 3. The molecule has 0 unspecified atom stereocenters. The van der Waals surface area contributed by atoms with Crippen LogP contribution in [0.3, 0.4) is 0 Å². The van der Waals surface area contributed by atoms with Crippen molar-refractivity contribution in [3.05, 3.63) is 34.6 Å². The zero-order valence-electron chi connectivity index (χ0n) is 11.5. The molecule has 0 bridgehead atoms. The molecule has 7 heteroatoms. The average molecular weight is 287 g/mol. The molecule has 1 saturated heterocycles. The third-order valence-corrected chi connectivity index (χ3v) is 3.91. The van der Waals surface area contributed by atoms with E-state index < -0.39 is 0 Å². The number of para-hydroxylation sites is 1. The molecule has 0 aliphatic carbocycles. The van der Waals surface area contributed by atoms with Crippen LogP contribution in [0.1, 0.15) is 12.8 Å². The van der Waals surface area contributed by atoms with Gasteiger partial charge in [0.15, 0.2) is 0 Å². The highest BCUT2D eigenvalue weighted by Crippen LogP contribution is 2.21. The van der Waals surface area contributed by atoms with Gasteiger partial charge in [-0.05, 0) is 25.0 Å². The molecule has 3 rings (SSSR count). The lowest BCUT2D eigenvalue weighted by Gasteiger charge is -2.31. The van der Waals surface area contributed by atoms with Crippen molar-refractivity contribution < 1.29 is 4.79 Å². The molecule has 1 amide bonds. The number of piperidine rings is 1. The SMILES string of the molecule is NNC(=O)C1CCN(c2nc3ccccc3c(=O)[nH]2)CC1. The molecule has 21 heavy (non-hydrogen) atoms.